The van der Waals surface area contributed by atoms with Gasteiger partial charge in [-0.3, -0.25) is 0 Å². The second-order valence-electron chi connectivity index (χ2n) is 5.45. The molecule has 0 aromatic heterocycles. The molecular formula is C17H19NO3S. The Bertz CT molecular complexity index is 726. The maximum atomic E-state index is 12.7. The van der Waals surface area contributed by atoms with Gasteiger partial charge in [-0.1, -0.05) is 48.0 Å². The van der Waals surface area contributed by atoms with E-state index in [0.29, 0.717) is 24.6 Å². The molecule has 1 atom stereocenters. The van der Waals surface area contributed by atoms with Crippen molar-refractivity contribution >= 4 is 10.0 Å². The molecule has 3 rings (SSSR count). The van der Waals surface area contributed by atoms with E-state index in [0.717, 1.165) is 11.1 Å². The lowest BCUT2D eigenvalue weighted by molar-refractivity contribution is -0.00255. The number of ether oxygens (including phenoxy) is 1. The Morgan fingerprint density at radius 1 is 1.05 bits per heavy atom. The first kappa shape index (κ1) is 15.2. The number of nitrogens with zero attached hydrogens (tertiary/aromatic N) is 1. The predicted octanol–water partition coefficient (Wildman–Crippen LogP) is 2.76. The molecule has 0 aliphatic carbocycles. The van der Waals surface area contributed by atoms with Gasteiger partial charge >= 0.3 is 0 Å². The van der Waals surface area contributed by atoms with E-state index in [1.165, 1.54) is 4.31 Å². The number of morpholine rings is 1. The van der Waals surface area contributed by atoms with Crippen LogP contribution in [0.4, 0.5) is 0 Å². The fourth-order valence-electron chi connectivity index (χ4n) is 2.57. The predicted molar refractivity (Wildman–Crippen MR) is 85.1 cm³/mol. The van der Waals surface area contributed by atoms with Gasteiger partial charge in [0.2, 0.25) is 10.0 Å². The van der Waals surface area contributed by atoms with Crippen molar-refractivity contribution in [1.82, 2.24) is 4.31 Å². The molecule has 1 fully saturated rings. The number of rotatable bonds is 3. The molecule has 5 heteroatoms. The minimum atomic E-state index is -3.47. The van der Waals surface area contributed by atoms with Crippen molar-refractivity contribution in [2.75, 3.05) is 19.7 Å². The molecule has 0 amide bonds. The molecule has 0 N–H and O–H groups in total. The molecular weight excluding hydrogens is 298 g/mol. The van der Waals surface area contributed by atoms with E-state index in [2.05, 4.69) is 0 Å². The Morgan fingerprint density at radius 2 is 1.73 bits per heavy atom. The molecule has 1 saturated heterocycles. The zero-order valence-electron chi connectivity index (χ0n) is 12.5. The average Bonchev–Trinajstić information content (AvgIpc) is 2.56. The molecule has 116 valence electrons. The third-order valence-electron chi connectivity index (χ3n) is 3.86. The highest BCUT2D eigenvalue weighted by atomic mass is 32.2. The van der Waals surface area contributed by atoms with Crippen molar-refractivity contribution in [2.24, 2.45) is 0 Å². The van der Waals surface area contributed by atoms with Crippen LogP contribution in [0.1, 0.15) is 17.2 Å². The minimum absolute atomic E-state index is 0.213. The first-order chi connectivity index (χ1) is 10.6. The van der Waals surface area contributed by atoms with E-state index in [1.54, 1.807) is 12.1 Å². The molecule has 0 spiro atoms. The van der Waals surface area contributed by atoms with Crippen LogP contribution in [0.3, 0.4) is 0 Å². The normalized spacial score (nSPS) is 20.0. The Labute approximate surface area is 131 Å². The molecule has 0 radical (unpaired) electrons. The van der Waals surface area contributed by atoms with E-state index in [4.69, 9.17) is 4.74 Å². The first-order valence-corrected chi connectivity index (χ1v) is 8.75. The van der Waals surface area contributed by atoms with Gasteiger partial charge in [0, 0.05) is 13.1 Å². The highest BCUT2D eigenvalue weighted by Gasteiger charge is 2.31. The van der Waals surface area contributed by atoms with Gasteiger partial charge in [-0.2, -0.15) is 4.31 Å². The summed E-state index contributed by atoms with van der Waals surface area (Å²) in [4.78, 5) is 0.340. The highest BCUT2D eigenvalue weighted by Crippen LogP contribution is 2.26. The summed E-state index contributed by atoms with van der Waals surface area (Å²) in [5.74, 6) is 0. The highest BCUT2D eigenvalue weighted by molar-refractivity contribution is 7.89. The van der Waals surface area contributed by atoms with Crippen molar-refractivity contribution < 1.29 is 13.2 Å². The van der Waals surface area contributed by atoms with Gasteiger partial charge in [-0.15, -0.1) is 0 Å². The summed E-state index contributed by atoms with van der Waals surface area (Å²) >= 11 is 0. The summed E-state index contributed by atoms with van der Waals surface area (Å²) in [5.41, 5.74) is 2.05. The zero-order chi connectivity index (χ0) is 15.6. The van der Waals surface area contributed by atoms with Crippen LogP contribution in [-0.4, -0.2) is 32.4 Å². The van der Waals surface area contributed by atoms with E-state index < -0.39 is 10.0 Å². The van der Waals surface area contributed by atoms with Crippen molar-refractivity contribution in [3.05, 3.63) is 65.7 Å². The molecule has 2 aromatic carbocycles. The summed E-state index contributed by atoms with van der Waals surface area (Å²) in [6.07, 6.45) is -0.213. The van der Waals surface area contributed by atoms with Gasteiger partial charge in [0.25, 0.3) is 0 Å². The van der Waals surface area contributed by atoms with E-state index in [-0.39, 0.29) is 6.10 Å². The van der Waals surface area contributed by atoms with E-state index >= 15 is 0 Å². The first-order valence-electron chi connectivity index (χ1n) is 7.31. The maximum absolute atomic E-state index is 12.7. The van der Waals surface area contributed by atoms with Gasteiger partial charge in [0.05, 0.1) is 17.6 Å². The summed E-state index contributed by atoms with van der Waals surface area (Å²) in [6, 6.07) is 16.7. The molecule has 1 unspecified atom stereocenters. The van der Waals surface area contributed by atoms with Crippen molar-refractivity contribution in [1.29, 1.82) is 0 Å². The number of hydrogen-bond donors (Lipinski definition) is 0. The maximum Gasteiger partial charge on any atom is 0.243 e. The Hall–Kier alpha value is -1.69. The SMILES string of the molecule is Cc1ccc(S(=O)(=O)N2CCOC(c3ccccc3)C2)cc1. The van der Waals surface area contributed by atoms with Gasteiger partial charge in [0.15, 0.2) is 0 Å². The molecule has 1 heterocycles. The van der Waals surface area contributed by atoms with Crippen LogP contribution in [0.5, 0.6) is 0 Å². The number of aryl methyl sites for hydroxylation is 1. The van der Waals surface area contributed by atoms with Crippen LogP contribution in [0.25, 0.3) is 0 Å². The van der Waals surface area contributed by atoms with Crippen LogP contribution < -0.4 is 0 Å². The van der Waals surface area contributed by atoms with E-state index in [9.17, 15) is 8.42 Å². The zero-order valence-corrected chi connectivity index (χ0v) is 13.3. The summed E-state index contributed by atoms with van der Waals surface area (Å²) < 4.78 is 32.7. The van der Waals surface area contributed by atoms with Crippen LogP contribution in [0.2, 0.25) is 0 Å². The second kappa shape index (κ2) is 6.20. The molecule has 0 bridgehead atoms. The monoisotopic (exact) mass is 317 g/mol. The topological polar surface area (TPSA) is 46.6 Å². The van der Waals surface area contributed by atoms with Crippen molar-refractivity contribution in [2.45, 2.75) is 17.9 Å². The lowest BCUT2D eigenvalue weighted by Crippen LogP contribution is -2.42. The second-order valence-corrected chi connectivity index (χ2v) is 7.38. The third kappa shape index (κ3) is 3.06. The quantitative estimate of drug-likeness (QED) is 0.874. The fourth-order valence-corrected chi connectivity index (χ4v) is 4.00. The van der Waals surface area contributed by atoms with E-state index in [1.807, 2.05) is 49.4 Å². The Balaban J connectivity index is 1.83. The molecule has 4 nitrogen and oxygen atoms in total. The van der Waals surface area contributed by atoms with Crippen LogP contribution in [0.15, 0.2) is 59.5 Å². The Kier molecular flexibility index (Phi) is 4.29. The standard InChI is InChI=1S/C17H19NO3S/c1-14-7-9-16(10-8-14)22(19,20)18-11-12-21-17(13-18)15-5-3-2-4-6-15/h2-10,17H,11-13H2,1H3. The molecule has 0 saturated carbocycles. The number of sulfonamides is 1. The fraction of sp³-hybridized carbons (Fsp3) is 0.294. The average molecular weight is 317 g/mol. The van der Waals surface area contributed by atoms with Crippen LogP contribution >= 0.6 is 0 Å². The lowest BCUT2D eigenvalue weighted by Gasteiger charge is -2.32. The molecule has 22 heavy (non-hydrogen) atoms. The van der Waals surface area contributed by atoms with Crippen molar-refractivity contribution in [3.63, 3.8) is 0 Å². The van der Waals surface area contributed by atoms with Gasteiger partial charge in [0.1, 0.15) is 0 Å². The number of hydrogen-bond acceptors (Lipinski definition) is 3. The largest absolute Gasteiger partial charge is 0.371 e. The molecule has 1 aliphatic heterocycles. The van der Waals surface area contributed by atoms with Crippen LogP contribution in [-0.2, 0) is 14.8 Å². The summed E-state index contributed by atoms with van der Waals surface area (Å²) in [7, 11) is -3.47. The van der Waals surface area contributed by atoms with Crippen molar-refractivity contribution in [3.8, 4) is 0 Å². The third-order valence-corrected chi connectivity index (χ3v) is 5.74. The lowest BCUT2D eigenvalue weighted by atomic mass is 10.1. The van der Waals surface area contributed by atoms with Gasteiger partial charge in [-0.05, 0) is 24.6 Å². The summed E-state index contributed by atoms with van der Waals surface area (Å²) in [5, 5.41) is 0. The van der Waals surface area contributed by atoms with Gasteiger partial charge in [-0.25, -0.2) is 8.42 Å². The van der Waals surface area contributed by atoms with Gasteiger partial charge < -0.3 is 4.74 Å². The summed E-state index contributed by atoms with van der Waals surface area (Å²) in [6.45, 7) is 3.08. The Morgan fingerprint density at radius 3 is 2.41 bits per heavy atom. The smallest absolute Gasteiger partial charge is 0.243 e. The molecule has 2 aromatic rings. The van der Waals surface area contributed by atoms with Crippen LogP contribution in [0, 0.1) is 6.92 Å². The minimum Gasteiger partial charge on any atom is -0.371 e. The molecule has 1 aliphatic rings. The number of benzene rings is 2.